The molecule has 0 radical (unpaired) electrons. The fourth-order valence-electron chi connectivity index (χ4n) is 2.51. The number of guanidine groups is 1. The van der Waals surface area contributed by atoms with Gasteiger partial charge < -0.3 is 20.2 Å². The summed E-state index contributed by atoms with van der Waals surface area (Å²) in [5.41, 5.74) is 9.42. The molecule has 0 saturated heterocycles. The number of carbonyl (C=O) groups is 1. The number of rotatable bonds is 7. The molecule has 2 rings (SSSR count). The number of nitrogens with one attached hydrogen (secondary N) is 1. The topological polar surface area (TPSA) is 89.8 Å². The fourth-order valence-corrected chi connectivity index (χ4v) is 2.51. The second kappa shape index (κ2) is 10.8. The van der Waals surface area contributed by atoms with Gasteiger partial charge in [-0.2, -0.15) is 0 Å². The smallest absolute Gasteiger partial charge is 0.374 e. The van der Waals surface area contributed by atoms with E-state index in [9.17, 15) is 4.79 Å². The molecule has 0 bridgehead atoms. The van der Waals surface area contributed by atoms with Crippen molar-refractivity contribution < 1.29 is 13.9 Å². The van der Waals surface area contributed by atoms with E-state index < -0.39 is 5.97 Å². The standard InChI is InChI=1S/C19H25N3O3.HI/c1-4-13-8-7-9-14(5-2)17(13)22-19(20)21-12-15-10-11-16(25-15)18(23)24-6-3;/h7-11H,4-6,12H2,1-3H3,(H3,20,21,22);1H. The Morgan fingerprint density at radius 3 is 2.38 bits per heavy atom. The summed E-state index contributed by atoms with van der Waals surface area (Å²) in [6.45, 7) is 6.51. The Balaban J connectivity index is 0.00000338. The van der Waals surface area contributed by atoms with E-state index in [1.165, 1.54) is 11.1 Å². The van der Waals surface area contributed by atoms with Gasteiger partial charge in [-0.3, -0.25) is 0 Å². The number of halogens is 1. The third-order valence-electron chi connectivity index (χ3n) is 3.80. The van der Waals surface area contributed by atoms with Gasteiger partial charge in [-0.15, -0.1) is 24.0 Å². The SMILES string of the molecule is CCOC(=O)c1ccc(CN=C(N)Nc2c(CC)cccc2CC)o1.I. The maximum atomic E-state index is 11.6. The second-order valence-electron chi connectivity index (χ2n) is 5.47. The molecule has 6 nitrogen and oxygen atoms in total. The van der Waals surface area contributed by atoms with Gasteiger partial charge in [0.25, 0.3) is 0 Å². The average molecular weight is 471 g/mol. The van der Waals surface area contributed by atoms with Crippen LogP contribution in [-0.2, 0) is 24.1 Å². The van der Waals surface area contributed by atoms with E-state index in [2.05, 4.69) is 42.4 Å². The lowest BCUT2D eigenvalue weighted by molar-refractivity contribution is 0.0488. The molecule has 3 N–H and O–H groups in total. The van der Waals surface area contributed by atoms with E-state index in [4.69, 9.17) is 14.9 Å². The van der Waals surface area contributed by atoms with E-state index in [1.54, 1.807) is 19.1 Å². The summed E-state index contributed by atoms with van der Waals surface area (Å²) >= 11 is 0. The molecule has 0 fully saturated rings. The molecule has 2 aromatic rings. The van der Waals surface area contributed by atoms with E-state index in [1.807, 2.05) is 0 Å². The zero-order valence-electron chi connectivity index (χ0n) is 15.4. The molecule has 1 aromatic heterocycles. The van der Waals surface area contributed by atoms with Crippen molar-refractivity contribution in [3.63, 3.8) is 0 Å². The van der Waals surface area contributed by atoms with E-state index in [-0.39, 0.29) is 36.3 Å². The van der Waals surface area contributed by atoms with Crippen molar-refractivity contribution >= 4 is 41.6 Å². The molecule has 0 spiro atoms. The van der Waals surface area contributed by atoms with Crippen LogP contribution in [0.4, 0.5) is 5.69 Å². The molecule has 0 atom stereocenters. The number of ether oxygens (including phenoxy) is 1. The number of nitrogens with zero attached hydrogens (tertiary/aromatic N) is 1. The number of benzene rings is 1. The Morgan fingerprint density at radius 1 is 1.15 bits per heavy atom. The van der Waals surface area contributed by atoms with Gasteiger partial charge in [0, 0.05) is 5.69 Å². The molecule has 26 heavy (non-hydrogen) atoms. The van der Waals surface area contributed by atoms with Crippen LogP contribution >= 0.6 is 24.0 Å². The van der Waals surface area contributed by atoms with Crippen LogP contribution in [0, 0.1) is 0 Å². The predicted molar refractivity (Wildman–Crippen MR) is 114 cm³/mol. The van der Waals surface area contributed by atoms with Crippen LogP contribution in [-0.4, -0.2) is 18.5 Å². The first kappa shape index (κ1) is 22.0. The van der Waals surface area contributed by atoms with Crippen LogP contribution in [0.3, 0.4) is 0 Å². The first-order valence-electron chi connectivity index (χ1n) is 8.52. The number of hydrogen-bond donors (Lipinski definition) is 2. The lowest BCUT2D eigenvalue weighted by Gasteiger charge is -2.14. The molecule has 1 heterocycles. The lowest BCUT2D eigenvalue weighted by atomic mass is 10.0. The number of hydrogen-bond acceptors (Lipinski definition) is 4. The number of para-hydroxylation sites is 1. The summed E-state index contributed by atoms with van der Waals surface area (Å²) < 4.78 is 10.3. The minimum Gasteiger partial charge on any atom is -0.460 e. The normalized spacial score (nSPS) is 11.0. The zero-order valence-corrected chi connectivity index (χ0v) is 17.7. The number of carbonyl (C=O) groups excluding carboxylic acids is 1. The van der Waals surface area contributed by atoms with Crippen LogP contribution in [0.2, 0.25) is 0 Å². The molecular weight excluding hydrogens is 445 g/mol. The van der Waals surface area contributed by atoms with Gasteiger partial charge in [-0.25, -0.2) is 9.79 Å². The zero-order chi connectivity index (χ0) is 18.2. The molecule has 0 unspecified atom stereocenters. The van der Waals surface area contributed by atoms with Crippen LogP contribution < -0.4 is 11.1 Å². The molecule has 7 heteroatoms. The summed E-state index contributed by atoms with van der Waals surface area (Å²) in [7, 11) is 0. The predicted octanol–water partition coefficient (Wildman–Crippen LogP) is 4.13. The van der Waals surface area contributed by atoms with Gasteiger partial charge in [-0.1, -0.05) is 32.0 Å². The van der Waals surface area contributed by atoms with E-state index in [0.717, 1.165) is 18.5 Å². The Hall–Kier alpha value is -2.03. The van der Waals surface area contributed by atoms with E-state index in [0.29, 0.717) is 18.3 Å². The van der Waals surface area contributed by atoms with Crippen LogP contribution in [0.15, 0.2) is 39.7 Å². The molecular formula is C19H26IN3O3. The third-order valence-corrected chi connectivity index (χ3v) is 3.80. The van der Waals surface area contributed by atoms with Gasteiger partial charge in [-0.05, 0) is 43.0 Å². The molecule has 0 aliphatic heterocycles. The molecule has 1 aromatic carbocycles. The quantitative estimate of drug-likeness (QED) is 0.275. The minimum atomic E-state index is -0.478. The summed E-state index contributed by atoms with van der Waals surface area (Å²) in [5.74, 6) is 0.549. The Morgan fingerprint density at radius 2 is 1.81 bits per heavy atom. The number of aliphatic imine (C=N–C) groups is 1. The fraction of sp³-hybridized carbons (Fsp3) is 0.368. The van der Waals surface area contributed by atoms with Crippen molar-refractivity contribution in [2.75, 3.05) is 11.9 Å². The van der Waals surface area contributed by atoms with Crippen molar-refractivity contribution in [3.05, 3.63) is 53.0 Å². The highest BCUT2D eigenvalue weighted by Gasteiger charge is 2.12. The molecule has 142 valence electrons. The molecule has 0 aliphatic rings. The summed E-state index contributed by atoms with van der Waals surface area (Å²) in [6.07, 6.45) is 1.81. The van der Waals surface area contributed by atoms with Gasteiger partial charge in [0.2, 0.25) is 5.76 Å². The van der Waals surface area contributed by atoms with Crippen molar-refractivity contribution in [3.8, 4) is 0 Å². The third kappa shape index (κ3) is 5.76. The number of furan rings is 1. The van der Waals surface area contributed by atoms with Gasteiger partial charge in [0.15, 0.2) is 5.96 Å². The maximum absolute atomic E-state index is 11.6. The average Bonchev–Trinajstić information content (AvgIpc) is 3.09. The van der Waals surface area contributed by atoms with Crippen molar-refractivity contribution in [1.29, 1.82) is 0 Å². The Labute approximate surface area is 171 Å². The summed E-state index contributed by atoms with van der Waals surface area (Å²) in [4.78, 5) is 15.9. The van der Waals surface area contributed by atoms with Crippen LogP contribution in [0.1, 0.15) is 48.2 Å². The van der Waals surface area contributed by atoms with Gasteiger partial charge >= 0.3 is 5.97 Å². The summed E-state index contributed by atoms with van der Waals surface area (Å²) in [6, 6.07) is 9.48. The Kier molecular flexibility index (Phi) is 9.18. The molecule has 0 amide bonds. The molecule has 0 aliphatic carbocycles. The highest BCUT2D eigenvalue weighted by molar-refractivity contribution is 14.0. The van der Waals surface area contributed by atoms with Crippen molar-refractivity contribution in [2.24, 2.45) is 10.7 Å². The monoisotopic (exact) mass is 471 g/mol. The number of nitrogens with two attached hydrogens (primary N) is 1. The first-order valence-corrected chi connectivity index (χ1v) is 8.52. The lowest BCUT2D eigenvalue weighted by Crippen LogP contribution is -2.24. The number of anilines is 1. The van der Waals surface area contributed by atoms with E-state index >= 15 is 0 Å². The maximum Gasteiger partial charge on any atom is 0.374 e. The van der Waals surface area contributed by atoms with Crippen molar-refractivity contribution in [1.82, 2.24) is 0 Å². The van der Waals surface area contributed by atoms with Gasteiger partial charge in [0.05, 0.1) is 6.61 Å². The second-order valence-corrected chi connectivity index (χ2v) is 5.47. The Bertz CT molecular complexity index is 734. The molecule has 0 saturated carbocycles. The number of aryl methyl sites for hydroxylation is 2. The number of esters is 1. The highest BCUT2D eigenvalue weighted by Crippen LogP contribution is 2.22. The van der Waals surface area contributed by atoms with Crippen molar-refractivity contribution in [2.45, 2.75) is 40.2 Å². The van der Waals surface area contributed by atoms with Gasteiger partial charge in [0.1, 0.15) is 12.3 Å². The minimum absolute atomic E-state index is 0. The summed E-state index contributed by atoms with van der Waals surface area (Å²) in [5, 5.41) is 3.20. The highest BCUT2D eigenvalue weighted by atomic mass is 127. The van der Waals surface area contributed by atoms with Crippen LogP contribution in [0.5, 0.6) is 0 Å². The first-order chi connectivity index (χ1) is 12.1. The largest absolute Gasteiger partial charge is 0.460 e. The van der Waals surface area contributed by atoms with Crippen LogP contribution in [0.25, 0.3) is 0 Å².